The van der Waals surface area contributed by atoms with E-state index >= 15 is 0 Å². The Morgan fingerprint density at radius 2 is 2.23 bits per heavy atom. The first-order chi connectivity index (χ1) is 5.87. The molecular formula is C10H14F2O. The van der Waals surface area contributed by atoms with Crippen LogP contribution in [0, 0.1) is 0 Å². The normalized spacial score (nSPS) is 28.8. The molecule has 0 aliphatic heterocycles. The highest BCUT2D eigenvalue weighted by Gasteiger charge is 2.36. The van der Waals surface area contributed by atoms with E-state index in [-0.39, 0.29) is 18.4 Å². The second kappa shape index (κ2) is 3.22. The Labute approximate surface area is 76.8 Å². The Bertz CT molecular complexity index is 252. The van der Waals surface area contributed by atoms with E-state index < -0.39 is 11.5 Å². The Morgan fingerprint density at radius 3 is 2.69 bits per heavy atom. The van der Waals surface area contributed by atoms with Crippen LogP contribution >= 0.6 is 0 Å². The molecule has 0 heterocycles. The first-order valence-electron chi connectivity index (χ1n) is 4.36. The van der Waals surface area contributed by atoms with Crippen molar-refractivity contribution < 1.29 is 13.9 Å². The molecule has 0 saturated carbocycles. The molecule has 3 heteroatoms. The van der Waals surface area contributed by atoms with Crippen LogP contribution in [0.4, 0.5) is 8.78 Å². The van der Waals surface area contributed by atoms with E-state index in [1.54, 1.807) is 0 Å². The van der Waals surface area contributed by atoms with Crippen LogP contribution < -0.4 is 0 Å². The maximum Gasteiger partial charge on any atom is 0.269 e. The molecule has 1 atom stereocenters. The fourth-order valence-corrected chi connectivity index (χ4v) is 1.35. The lowest BCUT2D eigenvalue weighted by Gasteiger charge is -2.28. The smallest absolute Gasteiger partial charge is 0.269 e. The summed E-state index contributed by atoms with van der Waals surface area (Å²) in [5.74, 6) is -2.78. The van der Waals surface area contributed by atoms with Crippen molar-refractivity contribution in [1.29, 1.82) is 0 Å². The fraction of sp³-hybridized carbons (Fsp3) is 0.600. The zero-order valence-corrected chi connectivity index (χ0v) is 7.85. The summed E-state index contributed by atoms with van der Waals surface area (Å²) >= 11 is 0. The standard InChI is InChI=1S/C10H14F2O/c1-3-10(11,12)8-5-4-6-9(2,13)7-8/h4-6,13H,3,7H2,1-2H3. The summed E-state index contributed by atoms with van der Waals surface area (Å²) in [7, 11) is 0. The van der Waals surface area contributed by atoms with Gasteiger partial charge in [0.25, 0.3) is 5.92 Å². The summed E-state index contributed by atoms with van der Waals surface area (Å²) in [4.78, 5) is 0. The molecule has 13 heavy (non-hydrogen) atoms. The van der Waals surface area contributed by atoms with Gasteiger partial charge in [0.2, 0.25) is 0 Å². The molecule has 0 aromatic heterocycles. The molecule has 0 radical (unpaired) electrons. The number of rotatable bonds is 2. The molecule has 1 aliphatic carbocycles. The highest BCUT2D eigenvalue weighted by molar-refractivity contribution is 5.28. The molecule has 1 unspecified atom stereocenters. The van der Waals surface area contributed by atoms with Crippen molar-refractivity contribution in [2.75, 3.05) is 0 Å². The third-order valence-corrected chi connectivity index (χ3v) is 2.21. The third-order valence-electron chi connectivity index (χ3n) is 2.21. The minimum Gasteiger partial charge on any atom is -0.386 e. The lowest BCUT2D eigenvalue weighted by molar-refractivity contribution is 0.0170. The van der Waals surface area contributed by atoms with Gasteiger partial charge in [0.15, 0.2) is 0 Å². The first-order valence-corrected chi connectivity index (χ1v) is 4.36. The van der Waals surface area contributed by atoms with Crippen LogP contribution in [0.2, 0.25) is 0 Å². The van der Waals surface area contributed by atoms with Gasteiger partial charge < -0.3 is 5.11 Å². The molecule has 0 fully saturated rings. The van der Waals surface area contributed by atoms with E-state index in [1.165, 1.54) is 32.1 Å². The summed E-state index contributed by atoms with van der Waals surface area (Å²) in [5.41, 5.74) is -1.11. The maximum absolute atomic E-state index is 13.2. The topological polar surface area (TPSA) is 20.2 Å². The van der Waals surface area contributed by atoms with Crippen molar-refractivity contribution in [1.82, 2.24) is 0 Å². The van der Waals surface area contributed by atoms with Gasteiger partial charge in [-0.2, -0.15) is 0 Å². The second-order valence-corrected chi connectivity index (χ2v) is 3.64. The molecule has 1 nitrogen and oxygen atoms in total. The number of allylic oxidation sites excluding steroid dienone is 2. The zero-order valence-electron chi connectivity index (χ0n) is 7.85. The lowest BCUT2D eigenvalue weighted by atomic mass is 9.88. The molecule has 0 amide bonds. The fourth-order valence-electron chi connectivity index (χ4n) is 1.35. The molecule has 0 aromatic rings. The van der Waals surface area contributed by atoms with Crippen LogP contribution in [0.15, 0.2) is 23.8 Å². The molecule has 74 valence electrons. The van der Waals surface area contributed by atoms with Gasteiger partial charge in [0.05, 0.1) is 5.60 Å². The van der Waals surface area contributed by atoms with Crippen LogP contribution in [0.1, 0.15) is 26.7 Å². The molecule has 1 rings (SSSR count). The average Bonchev–Trinajstić information content (AvgIpc) is 2.03. The molecule has 0 spiro atoms. The summed E-state index contributed by atoms with van der Waals surface area (Å²) < 4.78 is 26.3. The van der Waals surface area contributed by atoms with E-state index in [1.807, 2.05) is 0 Å². The molecule has 1 N–H and O–H groups in total. The van der Waals surface area contributed by atoms with E-state index in [0.29, 0.717) is 0 Å². The van der Waals surface area contributed by atoms with Crippen LogP contribution in [-0.2, 0) is 0 Å². The Balaban J connectivity index is 2.85. The van der Waals surface area contributed by atoms with Gasteiger partial charge in [-0.05, 0) is 6.92 Å². The summed E-state index contributed by atoms with van der Waals surface area (Å²) in [6.07, 6.45) is 4.21. The Kier molecular flexibility index (Phi) is 2.57. The predicted molar refractivity (Wildman–Crippen MR) is 47.7 cm³/mol. The van der Waals surface area contributed by atoms with Crippen LogP contribution in [0.3, 0.4) is 0 Å². The number of aliphatic hydroxyl groups is 1. The van der Waals surface area contributed by atoms with Crippen molar-refractivity contribution in [3.63, 3.8) is 0 Å². The molecule has 1 aliphatic rings. The zero-order chi connectivity index (χ0) is 10.1. The molecule has 0 saturated heterocycles. The minimum atomic E-state index is -2.78. The quantitative estimate of drug-likeness (QED) is 0.706. The van der Waals surface area contributed by atoms with Gasteiger partial charge >= 0.3 is 0 Å². The summed E-state index contributed by atoms with van der Waals surface area (Å²) in [6.45, 7) is 2.97. The van der Waals surface area contributed by atoms with Crippen LogP contribution in [0.5, 0.6) is 0 Å². The Hall–Kier alpha value is -0.700. The average molecular weight is 188 g/mol. The van der Waals surface area contributed by atoms with Gasteiger partial charge in [-0.3, -0.25) is 0 Å². The van der Waals surface area contributed by atoms with Crippen molar-refractivity contribution in [3.05, 3.63) is 23.8 Å². The van der Waals surface area contributed by atoms with E-state index in [4.69, 9.17) is 0 Å². The summed E-state index contributed by atoms with van der Waals surface area (Å²) in [6, 6.07) is 0. The number of hydrogen-bond donors (Lipinski definition) is 1. The van der Waals surface area contributed by atoms with Crippen molar-refractivity contribution in [3.8, 4) is 0 Å². The summed E-state index contributed by atoms with van der Waals surface area (Å²) in [5, 5.41) is 9.54. The predicted octanol–water partition coefficient (Wildman–Crippen LogP) is 2.67. The Morgan fingerprint density at radius 1 is 1.62 bits per heavy atom. The number of hydrogen-bond acceptors (Lipinski definition) is 1. The third kappa shape index (κ3) is 2.37. The van der Waals surface area contributed by atoms with E-state index in [2.05, 4.69) is 0 Å². The van der Waals surface area contributed by atoms with Crippen LogP contribution in [-0.4, -0.2) is 16.6 Å². The van der Waals surface area contributed by atoms with Crippen molar-refractivity contribution in [2.24, 2.45) is 0 Å². The van der Waals surface area contributed by atoms with Gasteiger partial charge in [-0.15, -0.1) is 0 Å². The van der Waals surface area contributed by atoms with Crippen LogP contribution in [0.25, 0.3) is 0 Å². The van der Waals surface area contributed by atoms with Gasteiger partial charge in [0, 0.05) is 18.4 Å². The van der Waals surface area contributed by atoms with Crippen molar-refractivity contribution >= 4 is 0 Å². The lowest BCUT2D eigenvalue weighted by Crippen LogP contribution is -2.30. The largest absolute Gasteiger partial charge is 0.386 e. The monoisotopic (exact) mass is 188 g/mol. The minimum absolute atomic E-state index is 0.0162. The van der Waals surface area contributed by atoms with Gasteiger partial charge in [0.1, 0.15) is 0 Å². The molecule has 0 bridgehead atoms. The molecule has 0 aromatic carbocycles. The van der Waals surface area contributed by atoms with Crippen molar-refractivity contribution in [2.45, 2.75) is 38.2 Å². The molecular weight excluding hydrogens is 174 g/mol. The maximum atomic E-state index is 13.2. The van der Waals surface area contributed by atoms with E-state index in [0.717, 1.165) is 0 Å². The second-order valence-electron chi connectivity index (χ2n) is 3.64. The van der Waals surface area contributed by atoms with E-state index in [9.17, 15) is 13.9 Å². The van der Waals surface area contributed by atoms with Gasteiger partial charge in [-0.1, -0.05) is 25.2 Å². The SMILES string of the molecule is CCC(F)(F)C1=CC=CC(C)(O)C1. The first kappa shape index (κ1) is 10.4. The number of alkyl halides is 2. The highest BCUT2D eigenvalue weighted by atomic mass is 19.3. The number of halogens is 2. The highest BCUT2D eigenvalue weighted by Crippen LogP contribution is 2.35. The van der Waals surface area contributed by atoms with Gasteiger partial charge in [-0.25, -0.2) is 8.78 Å².